The topological polar surface area (TPSA) is 46.3 Å². The molecule has 3 nitrogen and oxygen atoms in total. The Hall–Kier alpha value is -0.570. The van der Waals surface area contributed by atoms with Crippen LogP contribution in [0.3, 0.4) is 0 Å². The average Bonchev–Trinajstić information content (AvgIpc) is 2.30. The second-order valence-corrected chi connectivity index (χ2v) is 5.62. The van der Waals surface area contributed by atoms with Crippen LogP contribution in [0.4, 0.5) is 0 Å². The van der Waals surface area contributed by atoms with E-state index in [4.69, 9.17) is 5.73 Å². The normalized spacial score (nSPS) is 21.3. The summed E-state index contributed by atoms with van der Waals surface area (Å²) in [5.41, 5.74) is 6.18. The van der Waals surface area contributed by atoms with Gasteiger partial charge in [0.1, 0.15) is 0 Å². The van der Waals surface area contributed by atoms with Crippen LogP contribution in [0, 0.1) is 5.41 Å². The quantitative estimate of drug-likeness (QED) is 0.758. The van der Waals surface area contributed by atoms with Gasteiger partial charge in [0.15, 0.2) is 0 Å². The predicted octanol–water partition coefficient (Wildman–Crippen LogP) is 1.76. The fourth-order valence-corrected chi connectivity index (χ4v) is 1.74. The Morgan fingerprint density at radius 2 is 2.00 bits per heavy atom. The van der Waals surface area contributed by atoms with E-state index in [1.165, 1.54) is 6.42 Å². The second kappa shape index (κ2) is 4.97. The van der Waals surface area contributed by atoms with Crippen LogP contribution < -0.4 is 5.73 Å². The van der Waals surface area contributed by atoms with Crippen molar-refractivity contribution in [1.29, 1.82) is 0 Å². The van der Waals surface area contributed by atoms with Crippen LogP contribution in [-0.2, 0) is 4.79 Å². The Bertz CT molecular complexity index is 220. The number of nitrogens with zero attached hydrogens (tertiary/aromatic N) is 1. The molecule has 88 valence electrons. The molecule has 0 spiro atoms. The van der Waals surface area contributed by atoms with E-state index in [9.17, 15) is 4.79 Å². The van der Waals surface area contributed by atoms with Crippen molar-refractivity contribution < 1.29 is 4.79 Å². The van der Waals surface area contributed by atoms with Gasteiger partial charge in [-0.2, -0.15) is 0 Å². The minimum atomic E-state index is 0.0690. The summed E-state index contributed by atoms with van der Waals surface area (Å²) in [5.74, 6) is 0.284. The molecular formula is C12H24N2O. The summed E-state index contributed by atoms with van der Waals surface area (Å²) in [7, 11) is 0. The molecule has 3 heteroatoms. The van der Waals surface area contributed by atoms with E-state index >= 15 is 0 Å². The third kappa shape index (κ3) is 3.82. The number of likely N-dealkylation sites (tertiary alicyclic amines) is 1. The van der Waals surface area contributed by atoms with E-state index in [-0.39, 0.29) is 17.4 Å². The van der Waals surface area contributed by atoms with E-state index in [0.29, 0.717) is 13.0 Å². The number of hydrogen-bond donors (Lipinski definition) is 1. The number of amides is 1. The molecule has 15 heavy (non-hydrogen) atoms. The lowest BCUT2D eigenvalue weighted by atomic mass is 9.87. The molecule has 1 unspecified atom stereocenters. The molecule has 2 N–H and O–H groups in total. The van der Waals surface area contributed by atoms with E-state index in [0.717, 1.165) is 19.4 Å². The van der Waals surface area contributed by atoms with Crippen molar-refractivity contribution in [3.05, 3.63) is 0 Å². The summed E-state index contributed by atoms with van der Waals surface area (Å²) >= 11 is 0. The van der Waals surface area contributed by atoms with Gasteiger partial charge in [-0.05, 0) is 18.3 Å². The maximum Gasteiger partial charge on any atom is 0.222 e. The number of carbonyl (C=O) groups excluding carboxylic acids is 1. The number of carbonyl (C=O) groups is 1. The van der Waals surface area contributed by atoms with Crippen LogP contribution in [0.1, 0.15) is 46.5 Å². The maximum atomic E-state index is 11.7. The Morgan fingerprint density at radius 3 is 2.60 bits per heavy atom. The number of hydrogen-bond acceptors (Lipinski definition) is 2. The van der Waals surface area contributed by atoms with Crippen molar-refractivity contribution in [2.45, 2.75) is 52.5 Å². The molecule has 1 saturated heterocycles. The minimum Gasteiger partial charge on any atom is -0.341 e. The highest BCUT2D eigenvalue weighted by molar-refractivity contribution is 5.76. The summed E-state index contributed by atoms with van der Waals surface area (Å²) in [6.45, 7) is 7.98. The SMILES string of the molecule is CC(C)(C)C(N)CN1CCCCCC1=O. The van der Waals surface area contributed by atoms with Crippen molar-refractivity contribution in [3.63, 3.8) is 0 Å². The summed E-state index contributed by atoms with van der Waals surface area (Å²) in [5, 5.41) is 0. The van der Waals surface area contributed by atoms with Crippen LogP contribution in [0.15, 0.2) is 0 Å². The van der Waals surface area contributed by atoms with Gasteiger partial charge in [-0.3, -0.25) is 4.79 Å². The van der Waals surface area contributed by atoms with Crippen LogP contribution in [-0.4, -0.2) is 29.9 Å². The van der Waals surface area contributed by atoms with Gasteiger partial charge < -0.3 is 10.6 Å². The van der Waals surface area contributed by atoms with Crippen molar-refractivity contribution >= 4 is 5.91 Å². The largest absolute Gasteiger partial charge is 0.341 e. The molecule has 0 radical (unpaired) electrons. The molecule has 0 aromatic rings. The molecule has 1 rings (SSSR count). The van der Waals surface area contributed by atoms with Crippen molar-refractivity contribution in [2.75, 3.05) is 13.1 Å². The zero-order valence-electron chi connectivity index (χ0n) is 10.3. The predicted molar refractivity (Wildman–Crippen MR) is 62.5 cm³/mol. The van der Waals surface area contributed by atoms with Gasteiger partial charge in [-0.15, -0.1) is 0 Å². The van der Waals surface area contributed by atoms with Crippen LogP contribution in [0.25, 0.3) is 0 Å². The molecular weight excluding hydrogens is 188 g/mol. The molecule has 0 bridgehead atoms. The highest BCUT2D eigenvalue weighted by Gasteiger charge is 2.25. The van der Waals surface area contributed by atoms with Gasteiger partial charge in [0, 0.05) is 25.6 Å². The van der Waals surface area contributed by atoms with Crippen molar-refractivity contribution in [1.82, 2.24) is 4.90 Å². The van der Waals surface area contributed by atoms with Crippen LogP contribution in [0.5, 0.6) is 0 Å². The lowest BCUT2D eigenvalue weighted by Crippen LogP contribution is -2.47. The zero-order valence-corrected chi connectivity index (χ0v) is 10.3. The first-order chi connectivity index (χ1) is 6.91. The van der Waals surface area contributed by atoms with Crippen LogP contribution in [0.2, 0.25) is 0 Å². The smallest absolute Gasteiger partial charge is 0.222 e. The first-order valence-corrected chi connectivity index (χ1v) is 5.94. The molecule has 1 amide bonds. The van der Waals surface area contributed by atoms with Crippen molar-refractivity contribution in [2.24, 2.45) is 11.1 Å². The highest BCUT2D eigenvalue weighted by Crippen LogP contribution is 2.20. The third-order valence-corrected chi connectivity index (χ3v) is 3.20. The Balaban J connectivity index is 2.51. The zero-order chi connectivity index (χ0) is 11.5. The molecule has 1 aliphatic rings. The average molecular weight is 212 g/mol. The van der Waals surface area contributed by atoms with E-state index in [1.807, 2.05) is 4.90 Å². The van der Waals surface area contributed by atoms with Crippen LogP contribution >= 0.6 is 0 Å². The fourth-order valence-electron chi connectivity index (χ4n) is 1.74. The second-order valence-electron chi connectivity index (χ2n) is 5.62. The van der Waals surface area contributed by atoms with Gasteiger partial charge in [-0.1, -0.05) is 27.2 Å². The van der Waals surface area contributed by atoms with Gasteiger partial charge in [-0.25, -0.2) is 0 Å². The Labute approximate surface area is 93.0 Å². The highest BCUT2D eigenvalue weighted by atomic mass is 16.2. The maximum absolute atomic E-state index is 11.7. The van der Waals surface area contributed by atoms with Crippen molar-refractivity contribution in [3.8, 4) is 0 Å². The van der Waals surface area contributed by atoms with E-state index in [1.54, 1.807) is 0 Å². The summed E-state index contributed by atoms with van der Waals surface area (Å²) in [6, 6.07) is 0.0690. The third-order valence-electron chi connectivity index (χ3n) is 3.20. The first kappa shape index (κ1) is 12.5. The minimum absolute atomic E-state index is 0.0690. The standard InChI is InChI=1S/C12H24N2O/c1-12(2,3)10(13)9-14-8-6-4-5-7-11(14)15/h10H,4-9,13H2,1-3H3. The molecule has 1 atom stereocenters. The Kier molecular flexibility index (Phi) is 4.14. The summed E-state index contributed by atoms with van der Waals surface area (Å²) in [4.78, 5) is 13.7. The lowest BCUT2D eigenvalue weighted by Gasteiger charge is -2.32. The number of rotatable bonds is 2. The van der Waals surface area contributed by atoms with Gasteiger partial charge in [0.25, 0.3) is 0 Å². The summed E-state index contributed by atoms with van der Waals surface area (Å²) < 4.78 is 0. The van der Waals surface area contributed by atoms with Gasteiger partial charge in [0.05, 0.1) is 0 Å². The molecule has 0 aliphatic carbocycles. The van der Waals surface area contributed by atoms with E-state index in [2.05, 4.69) is 20.8 Å². The molecule has 1 fully saturated rings. The monoisotopic (exact) mass is 212 g/mol. The van der Waals surface area contributed by atoms with E-state index < -0.39 is 0 Å². The molecule has 0 saturated carbocycles. The molecule has 1 aliphatic heterocycles. The molecule has 0 aromatic heterocycles. The first-order valence-electron chi connectivity index (χ1n) is 5.94. The Morgan fingerprint density at radius 1 is 1.33 bits per heavy atom. The summed E-state index contributed by atoms with van der Waals surface area (Å²) in [6.07, 6.45) is 4.05. The van der Waals surface area contributed by atoms with Gasteiger partial charge in [0.2, 0.25) is 5.91 Å². The molecule has 1 heterocycles. The fraction of sp³-hybridized carbons (Fsp3) is 0.917. The van der Waals surface area contributed by atoms with Gasteiger partial charge >= 0.3 is 0 Å². The lowest BCUT2D eigenvalue weighted by molar-refractivity contribution is -0.131. The molecule has 0 aromatic carbocycles. The number of nitrogens with two attached hydrogens (primary N) is 1.